The second kappa shape index (κ2) is 8.23. The lowest BCUT2D eigenvalue weighted by Crippen LogP contribution is -2.38. The topological polar surface area (TPSA) is 42.0 Å². The molecule has 5 nitrogen and oxygen atoms in total. The Kier molecular flexibility index (Phi) is 5.78. The minimum atomic E-state index is 0.0879. The molecule has 0 saturated carbocycles. The van der Waals surface area contributed by atoms with E-state index >= 15 is 0 Å². The fourth-order valence-electron chi connectivity index (χ4n) is 3.54. The van der Waals surface area contributed by atoms with Gasteiger partial charge in [-0.05, 0) is 49.7 Å². The summed E-state index contributed by atoms with van der Waals surface area (Å²) in [4.78, 5) is 16.7. The van der Waals surface area contributed by atoms with E-state index < -0.39 is 0 Å². The third kappa shape index (κ3) is 3.83. The highest BCUT2D eigenvalue weighted by molar-refractivity contribution is 5.94. The fraction of sp³-hybridized carbons (Fsp3) is 0.381. The van der Waals surface area contributed by atoms with Gasteiger partial charge in [-0.2, -0.15) is 0 Å². The molecule has 0 bridgehead atoms. The van der Waals surface area contributed by atoms with Crippen LogP contribution in [0.15, 0.2) is 48.5 Å². The van der Waals surface area contributed by atoms with Crippen LogP contribution in [0.2, 0.25) is 0 Å². The highest BCUT2D eigenvalue weighted by Crippen LogP contribution is 2.38. The maximum absolute atomic E-state index is 12.8. The number of likely N-dealkylation sites (tertiary alicyclic amines) is 1. The molecule has 0 N–H and O–H groups in total. The van der Waals surface area contributed by atoms with Crippen LogP contribution < -0.4 is 14.4 Å². The van der Waals surface area contributed by atoms with E-state index in [1.807, 2.05) is 55.6 Å². The van der Waals surface area contributed by atoms with Gasteiger partial charge in [0.05, 0.1) is 20.8 Å². The van der Waals surface area contributed by atoms with Gasteiger partial charge in [0.1, 0.15) is 11.5 Å². The largest absolute Gasteiger partial charge is 0.497 e. The molecule has 0 aromatic heterocycles. The number of carbonyl (C=O) groups is 1. The Morgan fingerprint density at radius 2 is 1.92 bits per heavy atom. The summed E-state index contributed by atoms with van der Waals surface area (Å²) in [6, 6.07) is 15.7. The Morgan fingerprint density at radius 3 is 2.62 bits per heavy atom. The number of carbonyl (C=O) groups excluding carboxylic acids is 1. The summed E-state index contributed by atoms with van der Waals surface area (Å²) in [6.45, 7) is 1.29. The van der Waals surface area contributed by atoms with E-state index in [0.29, 0.717) is 6.54 Å². The second-order valence-corrected chi connectivity index (χ2v) is 6.52. The number of hydrogen-bond acceptors (Lipinski definition) is 4. The lowest BCUT2D eigenvalue weighted by molar-refractivity contribution is -0.119. The first-order valence-electron chi connectivity index (χ1n) is 8.91. The lowest BCUT2D eigenvalue weighted by atomic mass is 10.0. The molecule has 1 amide bonds. The van der Waals surface area contributed by atoms with Crippen molar-refractivity contribution in [3.63, 3.8) is 0 Å². The molecule has 0 spiro atoms. The van der Waals surface area contributed by atoms with Crippen LogP contribution in [0.5, 0.6) is 11.5 Å². The van der Waals surface area contributed by atoms with Crippen molar-refractivity contribution in [3.8, 4) is 11.5 Å². The predicted octanol–water partition coefficient (Wildman–Crippen LogP) is 3.50. The number of likely N-dealkylation sites (N-methyl/N-ethyl adjacent to an activating group) is 1. The Labute approximate surface area is 155 Å². The van der Waals surface area contributed by atoms with Crippen molar-refractivity contribution < 1.29 is 14.3 Å². The molecule has 138 valence electrons. The van der Waals surface area contributed by atoms with Crippen molar-refractivity contribution in [2.24, 2.45) is 0 Å². The van der Waals surface area contributed by atoms with Crippen molar-refractivity contribution in [3.05, 3.63) is 54.1 Å². The first-order chi connectivity index (χ1) is 12.6. The fourth-order valence-corrected chi connectivity index (χ4v) is 3.54. The summed E-state index contributed by atoms with van der Waals surface area (Å²) in [5, 5.41) is 0. The molecule has 1 fully saturated rings. The van der Waals surface area contributed by atoms with Crippen LogP contribution in [0.3, 0.4) is 0 Å². The number of anilines is 1. The van der Waals surface area contributed by atoms with E-state index in [0.717, 1.165) is 42.1 Å². The number of amides is 1. The van der Waals surface area contributed by atoms with Crippen LogP contribution >= 0.6 is 0 Å². The number of nitrogens with zero attached hydrogens (tertiary/aromatic N) is 2. The van der Waals surface area contributed by atoms with Gasteiger partial charge in [-0.25, -0.2) is 0 Å². The van der Waals surface area contributed by atoms with Crippen LogP contribution in [0.1, 0.15) is 24.4 Å². The van der Waals surface area contributed by atoms with Crippen LogP contribution in [0.25, 0.3) is 0 Å². The molecule has 0 unspecified atom stereocenters. The van der Waals surface area contributed by atoms with Crippen LogP contribution in [-0.2, 0) is 4.79 Å². The van der Waals surface area contributed by atoms with Gasteiger partial charge in [0.2, 0.25) is 5.91 Å². The molecule has 1 saturated heterocycles. The van der Waals surface area contributed by atoms with Crippen LogP contribution in [0, 0.1) is 0 Å². The number of ether oxygens (including phenoxy) is 2. The Hall–Kier alpha value is -2.53. The Bertz CT molecular complexity index is 748. The third-order valence-corrected chi connectivity index (χ3v) is 5.02. The maximum atomic E-state index is 12.8. The van der Waals surface area contributed by atoms with Gasteiger partial charge in [-0.1, -0.05) is 18.2 Å². The Balaban J connectivity index is 1.77. The molecular weight excluding hydrogens is 328 g/mol. The van der Waals surface area contributed by atoms with E-state index in [1.165, 1.54) is 0 Å². The molecular formula is C21H26N2O3. The van der Waals surface area contributed by atoms with Gasteiger partial charge < -0.3 is 14.4 Å². The standard InChI is InChI=1S/C21H26N2O3/c1-22(16-8-5-4-6-9-16)21(24)15-23-13-7-10-19(23)18-14-17(25-2)11-12-20(18)26-3/h4-6,8-9,11-12,14,19H,7,10,13,15H2,1-3H3/t19-/m0/s1. The molecule has 1 atom stereocenters. The highest BCUT2D eigenvalue weighted by atomic mass is 16.5. The van der Waals surface area contributed by atoms with Crippen molar-refractivity contribution in [2.75, 3.05) is 39.3 Å². The third-order valence-electron chi connectivity index (χ3n) is 5.02. The van der Waals surface area contributed by atoms with Gasteiger partial charge in [0.15, 0.2) is 0 Å². The molecule has 3 rings (SSSR count). The van der Waals surface area contributed by atoms with Gasteiger partial charge >= 0.3 is 0 Å². The SMILES string of the molecule is COc1ccc(OC)c([C@@H]2CCCN2CC(=O)N(C)c2ccccc2)c1. The quantitative estimate of drug-likeness (QED) is 0.796. The first-order valence-corrected chi connectivity index (χ1v) is 8.91. The van der Waals surface area contributed by atoms with Gasteiger partial charge in [0, 0.05) is 24.3 Å². The van der Waals surface area contributed by atoms with Crippen molar-refractivity contribution >= 4 is 11.6 Å². The molecule has 2 aromatic rings. The number of benzene rings is 2. The average molecular weight is 354 g/mol. The smallest absolute Gasteiger partial charge is 0.240 e. The van der Waals surface area contributed by atoms with Crippen LogP contribution in [0.4, 0.5) is 5.69 Å². The van der Waals surface area contributed by atoms with Crippen molar-refractivity contribution in [2.45, 2.75) is 18.9 Å². The van der Waals surface area contributed by atoms with E-state index in [4.69, 9.17) is 9.47 Å². The number of hydrogen-bond donors (Lipinski definition) is 0. The van der Waals surface area contributed by atoms with Gasteiger partial charge in [0.25, 0.3) is 0 Å². The monoisotopic (exact) mass is 354 g/mol. The minimum Gasteiger partial charge on any atom is -0.497 e. The number of methoxy groups -OCH3 is 2. The predicted molar refractivity (Wildman–Crippen MR) is 103 cm³/mol. The molecule has 1 heterocycles. The van der Waals surface area contributed by atoms with Gasteiger partial charge in [-0.15, -0.1) is 0 Å². The summed E-state index contributed by atoms with van der Waals surface area (Å²) < 4.78 is 10.9. The summed E-state index contributed by atoms with van der Waals surface area (Å²) in [6.07, 6.45) is 2.07. The highest BCUT2D eigenvalue weighted by Gasteiger charge is 2.31. The molecule has 1 aliphatic rings. The first kappa shape index (κ1) is 18.3. The summed E-state index contributed by atoms with van der Waals surface area (Å²) in [5.41, 5.74) is 1.99. The molecule has 5 heteroatoms. The molecule has 1 aliphatic heterocycles. The summed E-state index contributed by atoms with van der Waals surface area (Å²) in [7, 11) is 5.17. The average Bonchev–Trinajstić information content (AvgIpc) is 3.15. The van der Waals surface area contributed by atoms with E-state index in [9.17, 15) is 4.79 Å². The van der Waals surface area contributed by atoms with Crippen LogP contribution in [-0.4, -0.2) is 45.2 Å². The normalized spacial score (nSPS) is 17.1. The van der Waals surface area contributed by atoms with Gasteiger partial charge in [-0.3, -0.25) is 9.69 Å². The minimum absolute atomic E-state index is 0.0879. The molecule has 0 aliphatic carbocycles. The lowest BCUT2D eigenvalue weighted by Gasteiger charge is -2.28. The molecule has 0 radical (unpaired) electrons. The van der Waals surface area contributed by atoms with E-state index in [-0.39, 0.29) is 11.9 Å². The zero-order valence-corrected chi connectivity index (χ0v) is 15.6. The summed E-state index contributed by atoms with van der Waals surface area (Å²) in [5.74, 6) is 1.73. The second-order valence-electron chi connectivity index (χ2n) is 6.52. The zero-order valence-electron chi connectivity index (χ0n) is 15.6. The van der Waals surface area contributed by atoms with E-state index in [1.54, 1.807) is 19.1 Å². The van der Waals surface area contributed by atoms with Crippen molar-refractivity contribution in [1.82, 2.24) is 4.90 Å². The number of para-hydroxylation sites is 1. The zero-order chi connectivity index (χ0) is 18.5. The Morgan fingerprint density at radius 1 is 1.15 bits per heavy atom. The van der Waals surface area contributed by atoms with Crippen molar-refractivity contribution in [1.29, 1.82) is 0 Å². The van der Waals surface area contributed by atoms with E-state index in [2.05, 4.69) is 4.90 Å². The molecule has 26 heavy (non-hydrogen) atoms. The summed E-state index contributed by atoms with van der Waals surface area (Å²) >= 11 is 0. The molecule has 2 aromatic carbocycles. The number of rotatable bonds is 6. The maximum Gasteiger partial charge on any atom is 0.240 e.